The number of nitrogens with one attached hydrogen (secondary N) is 2. The van der Waals surface area contributed by atoms with E-state index < -0.39 is 0 Å². The molecule has 3 fully saturated rings. The molecule has 1 aromatic rings. The zero-order chi connectivity index (χ0) is 18.6. The molecular formula is C20H32IN5O2. The first-order valence-electron chi connectivity index (χ1n) is 10.2. The van der Waals surface area contributed by atoms with E-state index in [0.29, 0.717) is 24.8 Å². The summed E-state index contributed by atoms with van der Waals surface area (Å²) in [5.41, 5.74) is 1.11. The van der Waals surface area contributed by atoms with Crippen molar-refractivity contribution in [3.63, 3.8) is 0 Å². The molecule has 2 N–H and O–H groups in total. The quantitative estimate of drug-likeness (QED) is 0.367. The van der Waals surface area contributed by atoms with Gasteiger partial charge in [0.25, 0.3) is 0 Å². The number of halogens is 1. The van der Waals surface area contributed by atoms with Gasteiger partial charge in [0.05, 0.1) is 37.5 Å². The molecule has 4 atom stereocenters. The first kappa shape index (κ1) is 21.6. The molecule has 4 unspecified atom stereocenters. The van der Waals surface area contributed by atoms with E-state index in [9.17, 15) is 0 Å². The zero-order valence-corrected chi connectivity index (χ0v) is 19.1. The van der Waals surface area contributed by atoms with Gasteiger partial charge < -0.3 is 25.0 Å². The number of morpholine rings is 1. The third-order valence-corrected chi connectivity index (χ3v) is 5.57. The van der Waals surface area contributed by atoms with Crippen molar-refractivity contribution >= 4 is 35.8 Å². The molecule has 1 aromatic heterocycles. The van der Waals surface area contributed by atoms with Crippen LogP contribution in [0.3, 0.4) is 0 Å². The van der Waals surface area contributed by atoms with E-state index in [1.807, 2.05) is 6.20 Å². The van der Waals surface area contributed by atoms with Crippen molar-refractivity contribution in [2.45, 2.75) is 64.0 Å². The van der Waals surface area contributed by atoms with Crippen LogP contribution in [0.2, 0.25) is 0 Å². The minimum absolute atomic E-state index is 0. The number of anilines is 1. The lowest BCUT2D eigenvalue weighted by Crippen LogP contribution is -2.47. The van der Waals surface area contributed by atoms with Crippen LogP contribution in [0, 0.1) is 0 Å². The highest BCUT2D eigenvalue weighted by Crippen LogP contribution is 2.34. The van der Waals surface area contributed by atoms with Gasteiger partial charge in [0.15, 0.2) is 5.96 Å². The molecular weight excluding hydrogens is 469 g/mol. The second-order valence-corrected chi connectivity index (χ2v) is 7.71. The summed E-state index contributed by atoms with van der Waals surface area (Å²) in [6.07, 6.45) is 6.43. The van der Waals surface area contributed by atoms with E-state index in [1.54, 1.807) is 0 Å². The highest BCUT2D eigenvalue weighted by atomic mass is 127. The number of ether oxygens (including phenoxy) is 2. The van der Waals surface area contributed by atoms with Crippen molar-refractivity contribution in [2.24, 2.45) is 4.99 Å². The monoisotopic (exact) mass is 501 g/mol. The van der Waals surface area contributed by atoms with E-state index in [0.717, 1.165) is 56.4 Å². The number of nitrogens with zero attached hydrogens (tertiary/aromatic N) is 3. The van der Waals surface area contributed by atoms with Crippen LogP contribution < -0.4 is 15.5 Å². The highest BCUT2D eigenvalue weighted by molar-refractivity contribution is 14.0. The molecule has 0 spiro atoms. The number of rotatable bonds is 5. The van der Waals surface area contributed by atoms with E-state index in [4.69, 9.17) is 14.5 Å². The Morgan fingerprint density at radius 2 is 2.25 bits per heavy atom. The molecule has 0 amide bonds. The van der Waals surface area contributed by atoms with Crippen molar-refractivity contribution in [3.05, 3.63) is 23.9 Å². The van der Waals surface area contributed by atoms with Crippen LogP contribution in [0.15, 0.2) is 23.3 Å². The minimum atomic E-state index is 0. The van der Waals surface area contributed by atoms with Crippen LogP contribution in [-0.2, 0) is 16.0 Å². The Bertz CT molecular complexity index is 657. The summed E-state index contributed by atoms with van der Waals surface area (Å²) >= 11 is 0. The first-order valence-corrected chi connectivity index (χ1v) is 10.2. The SMILES string of the molecule is CCNC(=NCc1ccc(N2CCOC(C)C2)nc1)NC1CC2CCC1O2.I. The van der Waals surface area contributed by atoms with Gasteiger partial charge in [-0.2, -0.15) is 0 Å². The van der Waals surface area contributed by atoms with E-state index >= 15 is 0 Å². The largest absolute Gasteiger partial charge is 0.375 e. The molecule has 0 saturated carbocycles. The number of fused-ring (bicyclic) bond motifs is 2. The summed E-state index contributed by atoms with van der Waals surface area (Å²) in [6, 6.07) is 4.59. The van der Waals surface area contributed by atoms with E-state index in [2.05, 4.69) is 46.5 Å². The van der Waals surface area contributed by atoms with Crippen LogP contribution in [0.4, 0.5) is 5.82 Å². The van der Waals surface area contributed by atoms with Gasteiger partial charge in [-0.3, -0.25) is 0 Å². The second-order valence-electron chi connectivity index (χ2n) is 7.71. The third-order valence-electron chi connectivity index (χ3n) is 5.57. The van der Waals surface area contributed by atoms with Crippen molar-refractivity contribution in [3.8, 4) is 0 Å². The molecule has 3 aliphatic heterocycles. The van der Waals surface area contributed by atoms with E-state index in [1.165, 1.54) is 6.42 Å². The zero-order valence-electron chi connectivity index (χ0n) is 16.8. The summed E-state index contributed by atoms with van der Waals surface area (Å²) in [7, 11) is 0. The molecule has 7 nitrogen and oxygen atoms in total. The first-order chi connectivity index (χ1) is 13.2. The van der Waals surface area contributed by atoms with Crippen LogP contribution in [0.5, 0.6) is 0 Å². The molecule has 0 aliphatic carbocycles. The van der Waals surface area contributed by atoms with Crippen LogP contribution >= 0.6 is 24.0 Å². The molecule has 3 aliphatic rings. The Balaban J connectivity index is 0.00000225. The predicted octanol–water partition coefficient (Wildman–Crippen LogP) is 2.30. The van der Waals surface area contributed by atoms with Gasteiger partial charge in [-0.05, 0) is 44.7 Å². The number of guanidine groups is 1. The number of aliphatic imine (C=N–C) groups is 1. The number of aromatic nitrogens is 1. The average Bonchev–Trinajstić information content (AvgIpc) is 3.30. The van der Waals surface area contributed by atoms with Gasteiger partial charge in [0, 0.05) is 25.8 Å². The molecule has 0 radical (unpaired) electrons. The fraction of sp³-hybridized carbons (Fsp3) is 0.700. The molecule has 8 heteroatoms. The fourth-order valence-electron chi connectivity index (χ4n) is 4.18. The Labute approximate surface area is 184 Å². The average molecular weight is 501 g/mol. The molecule has 28 heavy (non-hydrogen) atoms. The van der Waals surface area contributed by atoms with Gasteiger partial charge in [0.2, 0.25) is 0 Å². The Hall–Kier alpha value is -1.13. The van der Waals surface area contributed by atoms with Gasteiger partial charge in [-0.25, -0.2) is 9.98 Å². The van der Waals surface area contributed by atoms with Crippen molar-refractivity contribution in [1.82, 2.24) is 15.6 Å². The lowest BCUT2D eigenvalue weighted by atomic mass is 9.96. The molecule has 2 bridgehead atoms. The minimum Gasteiger partial charge on any atom is -0.375 e. The lowest BCUT2D eigenvalue weighted by Gasteiger charge is -2.32. The van der Waals surface area contributed by atoms with E-state index in [-0.39, 0.29) is 30.1 Å². The van der Waals surface area contributed by atoms with Gasteiger partial charge in [-0.15, -0.1) is 24.0 Å². The summed E-state index contributed by atoms with van der Waals surface area (Å²) in [5, 5.41) is 6.91. The summed E-state index contributed by atoms with van der Waals surface area (Å²) in [4.78, 5) is 11.7. The maximum absolute atomic E-state index is 5.94. The Morgan fingerprint density at radius 1 is 1.36 bits per heavy atom. The number of hydrogen-bond donors (Lipinski definition) is 2. The van der Waals surface area contributed by atoms with Crippen molar-refractivity contribution in [2.75, 3.05) is 31.1 Å². The third kappa shape index (κ3) is 5.27. The predicted molar refractivity (Wildman–Crippen MR) is 122 cm³/mol. The van der Waals surface area contributed by atoms with Crippen molar-refractivity contribution in [1.29, 1.82) is 0 Å². The fourth-order valence-corrected chi connectivity index (χ4v) is 4.18. The normalized spacial score (nSPS) is 29.5. The maximum Gasteiger partial charge on any atom is 0.191 e. The second kappa shape index (κ2) is 10.1. The maximum atomic E-state index is 5.94. The van der Waals surface area contributed by atoms with Gasteiger partial charge in [0.1, 0.15) is 5.82 Å². The molecule has 4 rings (SSSR count). The Kier molecular flexibility index (Phi) is 7.76. The molecule has 0 aromatic carbocycles. The standard InChI is InChI=1S/C20H31N5O2.HI/c1-3-21-20(24-17-10-16-5-6-18(17)27-16)23-12-15-4-7-19(22-11-15)25-8-9-26-14(2)13-25;/h4,7,11,14,16-18H,3,5-6,8-10,12-13H2,1-2H3,(H2,21,23,24);1H. The summed E-state index contributed by atoms with van der Waals surface area (Å²) < 4.78 is 11.5. The molecule has 3 saturated heterocycles. The number of hydrogen-bond acceptors (Lipinski definition) is 5. The molecule has 156 valence electrons. The lowest BCUT2D eigenvalue weighted by molar-refractivity contribution is 0.0529. The Morgan fingerprint density at radius 3 is 2.89 bits per heavy atom. The van der Waals surface area contributed by atoms with Gasteiger partial charge >= 0.3 is 0 Å². The smallest absolute Gasteiger partial charge is 0.191 e. The molecule has 4 heterocycles. The summed E-state index contributed by atoms with van der Waals surface area (Å²) in [5.74, 6) is 1.88. The van der Waals surface area contributed by atoms with Crippen LogP contribution in [0.25, 0.3) is 0 Å². The highest BCUT2D eigenvalue weighted by Gasteiger charge is 2.41. The summed E-state index contributed by atoms with van der Waals surface area (Å²) in [6.45, 7) is 8.21. The number of pyridine rings is 1. The van der Waals surface area contributed by atoms with Crippen molar-refractivity contribution < 1.29 is 9.47 Å². The topological polar surface area (TPSA) is 71.0 Å². The van der Waals surface area contributed by atoms with Crippen LogP contribution in [0.1, 0.15) is 38.7 Å². The van der Waals surface area contributed by atoms with Gasteiger partial charge in [-0.1, -0.05) is 6.07 Å². The van der Waals surface area contributed by atoms with Crippen LogP contribution in [-0.4, -0.2) is 61.5 Å².